The lowest BCUT2D eigenvalue weighted by atomic mass is 9.78. The van der Waals surface area contributed by atoms with Gasteiger partial charge in [-0.25, -0.2) is 0 Å². The number of carbonyl (C=O) groups excluding carboxylic acids is 4. The predicted molar refractivity (Wildman–Crippen MR) is 167 cm³/mol. The molecule has 0 aliphatic rings. The summed E-state index contributed by atoms with van der Waals surface area (Å²) in [5, 5.41) is 5.74. The molecule has 0 saturated carbocycles. The summed E-state index contributed by atoms with van der Waals surface area (Å²) in [6, 6.07) is 17.5. The molecule has 3 rings (SSSR count). The predicted octanol–water partition coefficient (Wildman–Crippen LogP) is 8.13. The molecule has 42 heavy (non-hydrogen) atoms. The Hall–Kier alpha value is -4.26. The van der Waals surface area contributed by atoms with E-state index in [1.807, 2.05) is 32.9 Å². The molecule has 1 unspecified atom stereocenters. The SMILES string of the molecule is CCCC(C)(CC)NC(=O)c1cc(C=O)c(C(=O)Nc2ccc(Oc3ccc(C(C)(CC)CC)cc3)cc2)cc1C=O. The minimum absolute atomic E-state index is 0.00189. The van der Waals surface area contributed by atoms with Crippen LogP contribution in [0.4, 0.5) is 5.69 Å². The van der Waals surface area contributed by atoms with Gasteiger partial charge in [0.2, 0.25) is 0 Å². The average molecular weight is 571 g/mol. The lowest BCUT2D eigenvalue weighted by Gasteiger charge is -2.29. The molecular weight excluding hydrogens is 528 g/mol. The van der Waals surface area contributed by atoms with Gasteiger partial charge in [0.25, 0.3) is 11.8 Å². The van der Waals surface area contributed by atoms with Crippen LogP contribution >= 0.6 is 0 Å². The van der Waals surface area contributed by atoms with Crippen LogP contribution in [0, 0.1) is 0 Å². The van der Waals surface area contributed by atoms with Gasteiger partial charge < -0.3 is 15.4 Å². The van der Waals surface area contributed by atoms with E-state index in [-0.39, 0.29) is 27.7 Å². The molecule has 2 N–H and O–H groups in total. The maximum Gasteiger partial charge on any atom is 0.256 e. The molecule has 2 amide bonds. The Morgan fingerprint density at radius 2 is 1.24 bits per heavy atom. The molecule has 3 aromatic rings. The van der Waals surface area contributed by atoms with E-state index in [4.69, 9.17) is 4.74 Å². The number of carbonyl (C=O) groups is 4. The summed E-state index contributed by atoms with van der Waals surface area (Å²) in [7, 11) is 0. The highest BCUT2D eigenvalue weighted by Gasteiger charge is 2.26. The smallest absolute Gasteiger partial charge is 0.256 e. The Labute approximate surface area is 249 Å². The van der Waals surface area contributed by atoms with Crippen molar-refractivity contribution in [3.8, 4) is 11.5 Å². The van der Waals surface area contributed by atoms with Crippen molar-refractivity contribution in [1.29, 1.82) is 0 Å². The first-order chi connectivity index (χ1) is 20.0. The molecular formula is C35H42N2O5. The first-order valence-electron chi connectivity index (χ1n) is 14.7. The van der Waals surface area contributed by atoms with E-state index in [1.54, 1.807) is 24.3 Å². The standard InChI is InChI=1S/C35H42N2O5/c1-7-19-35(6,10-4)37-33(41)31-21-24(22-38)30(20-25(31)23-39)32(40)36-27-13-17-29(18-14-27)42-28-15-11-26(12-16-28)34(5,8-2)9-3/h11-18,20-23H,7-10,19H2,1-6H3,(H,36,40)(H,37,41). The van der Waals surface area contributed by atoms with Gasteiger partial charge in [0.15, 0.2) is 12.6 Å². The number of hydrogen-bond donors (Lipinski definition) is 2. The Bertz CT molecular complexity index is 1410. The molecule has 222 valence electrons. The van der Waals surface area contributed by atoms with E-state index in [9.17, 15) is 19.2 Å². The molecule has 0 heterocycles. The van der Waals surface area contributed by atoms with Crippen molar-refractivity contribution < 1.29 is 23.9 Å². The van der Waals surface area contributed by atoms with Crippen LogP contribution in [0.15, 0.2) is 60.7 Å². The van der Waals surface area contributed by atoms with E-state index < -0.39 is 17.4 Å². The maximum absolute atomic E-state index is 13.1. The second-order valence-corrected chi connectivity index (χ2v) is 11.3. The fourth-order valence-corrected chi connectivity index (χ4v) is 4.97. The second-order valence-electron chi connectivity index (χ2n) is 11.3. The van der Waals surface area contributed by atoms with Crippen molar-refractivity contribution in [2.75, 3.05) is 5.32 Å². The minimum Gasteiger partial charge on any atom is -0.457 e. The highest BCUT2D eigenvalue weighted by molar-refractivity contribution is 6.12. The molecule has 0 aliphatic heterocycles. The third-order valence-corrected chi connectivity index (χ3v) is 8.42. The van der Waals surface area contributed by atoms with Gasteiger partial charge in [-0.05, 0) is 92.1 Å². The highest BCUT2D eigenvalue weighted by Crippen LogP contribution is 2.33. The van der Waals surface area contributed by atoms with E-state index in [0.717, 1.165) is 25.7 Å². The Morgan fingerprint density at radius 3 is 1.69 bits per heavy atom. The topological polar surface area (TPSA) is 102 Å². The molecule has 0 aliphatic carbocycles. The zero-order valence-electron chi connectivity index (χ0n) is 25.5. The fraction of sp³-hybridized carbons (Fsp3) is 0.371. The molecule has 7 nitrogen and oxygen atoms in total. The largest absolute Gasteiger partial charge is 0.457 e. The molecule has 3 aromatic carbocycles. The van der Waals surface area contributed by atoms with Gasteiger partial charge in [-0.2, -0.15) is 0 Å². The number of benzene rings is 3. The Balaban J connectivity index is 1.75. The highest BCUT2D eigenvalue weighted by atomic mass is 16.5. The third kappa shape index (κ3) is 7.52. The van der Waals surface area contributed by atoms with Gasteiger partial charge in [0.1, 0.15) is 11.5 Å². The number of ether oxygens (including phenoxy) is 1. The van der Waals surface area contributed by atoms with Crippen LogP contribution < -0.4 is 15.4 Å². The van der Waals surface area contributed by atoms with Crippen LogP contribution in [-0.4, -0.2) is 29.9 Å². The van der Waals surface area contributed by atoms with Crippen LogP contribution in [-0.2, 0) is 5.41 Å². The molecule has 0 spiro atoms. The van der Waals surface area contributed by atoms with Crippen LogP contribution in [0.2, 0.25) is 0 Å². The van der Waals surface area contributed by atoms with Crippen molar-refractivity contribution >= 4 is 30.1 Å². The number of amides is 2. The lowest BCUT2D eigenvalue weighted by molar-refractivity contribution is 0.0892. The van der Waals surface area contributed by atoms with Crippen LogP contribution in [0.5, 0.6) is 11.5 Å². The summed E-state index contributed by atoms with van der Waals surface area (Å²) >= 11 is 0. The number of aldehydes is 2. The van der Waals surface area contributed by atoms with Gasteiger partial charge in [0, 0.05) is 22.4 Å². The summed E-state index contributed by atoms with van der Waals surface area (Å²) in [5.74, 6) is 0.277. The van der Waals surface area contributed by atoms with Crippen LogP contribution in [0.1, 0.15) is 121 Å². The van der Waals surface area contributed by atoms with Crippen molar-refractivity contribution in [3.63, 3.8) is 0 Å². The van der Waals surface area contributed by atoms with Crippen LogP contribution in [0.25, 0.3) is 0 Å². The van der Waals surface area contributed by atoms with Gasteiger partial charge >= 0.3 is 0 Å². The molecule has 0 bridgehead atoms. The zero-order chi connectivity index (χ0) is 30.9. The maximum atomic E-state index is 13.1. The summed E-state index contributed by atoms with van der Waals surface area (Å²) in [6.07, 6.45) is 5.49. The van der Waals surface area contributed by atoms with Gasteiger partial charge in [-0.3, -0.25) is 19.2 Å². The summed E-state index contributed by atoms with van der Waals surface area (Å²) in [5.41, 5.74) is 1.54. The van der Waals surface area contributed by atoms with Crippen molar-refractivity contribution in [1.82, 2.24) is 5.32 Å². The molecule has 0 fully saturated rings. The zero-order valence-corrected chi connectivity index (χ0v) is 25.5. The first kappa shape index (κ1) is 32.3. The summed E-state index contributed by atoms with van der Waals surface area (Å²) < 4.78 is 5.98. The van der Waals surface area contributed by atoms with Crippen molar-refractivity contribution in [2.45, 2.75) is 84.6 Å². The lowest BCUT2D eigenvalue weighted by Crippen LogP contribution is -2.45. The second kappa shape index (κ2) is 14.1. The summed E-state index contributed by atoms with van der Waals surface area (Å²) in [6.45, 7) is 12.6. The fourth-order valence-electron chi connectivity index (χ4n) is 4.97. The van der Waals surface area contributed by atoms with E-state index >= 15 is 0 Å². The monoisotopic (exact) mass is 570 g/mol. The number of nitrogens with one attached hydrogen (secondary N) is 2. The van der Waals surface area contributed by atoms with E-state index in [2.05, 4.69) is 43.5 Å². The van der Waals surface area contributed by atoms with E-state index in [0.29, 0.717) is 36.2 Å². The van der Waals surface area contributed by atoms with Gasteiger partial charge in [0.05, 0.1) is 11.1 Å². The Morgan fingerprint density at radius 1 is 0.738 bits per heavy atom. The van der Waals surface area contributed by atoms with Gasteiger partial charge in [-0.15, -0.1) is 0 Å². The van der Waals surface area contributed by atoms with Crippen LogP contribution in [0.3, 0.4) is 0 Å². The number of anilines is 1. The molecule has 7 heteroatoms. The molecule has 0 radical (unpaired) electrons. The Kier molecular flexibility index (Phi) is 10.8. The average Bonchev–Trinajstić information content (AvgIpc) is 3.01. The summed E-state index contributed by atoms with van der Waals surface area (Å²) in [4.78, 5) is 50.0. The first-order valence-corrected chi connectivity index (χ1v) is 14.7. The van der Waals surface area contributed by atoms with Gasteiger partial charge in [-0.1, -0.05) is 53.2 Å². The minimum atomic E-state index is -0.573. The molecule has 0 saturated heterocycles. The third-order valence-electron chi connectivity index (χ3n) is 8.42. The number of hydrogen-bond acceptors (Lipinski definition) is 5. The van der Waals surface area contributed by atoms with Crippen molar-refractivity contribution in [3.05, 3.63) is 88.5 Å². The quantitative estimate of drug-likeness (QED) is 0.191. The van der Waals surface area contributed by atoms with E-state index in [1.165, 1.54) is 17.7 Å². The normalized spacial score (nSPS) is 12.6. The van der Waals surface area contributed by atoms with Crippen molar-refractivity contribution in [2.24, 2.45) is 0 Å². The number of rotatable bonds is 14. The molecule has 0 aromatic heterocycles. The molecule has 1 atom stereocenters.